The highest BCUT2D eigenvalue weighted by atomic mass is 32.2. The first kappa shape index (κ1) is 24.2. The molecule has 0 fully saturated rings. The first-order chi connectivity index (χ1) is 18.0. The van der Waals surface area contributed by atoms with Crippen LogP contribution < -0.4 is 10.6 Å². The van der Waals surface area contributed by atoms with Crippen molar-refractivity contribution < 1.29 is 9.90 Å². The molecular weight excluding hydrogens is 484 g/mol. The number of pyridine rings is 2. The number of anilines is 3. The van der Waals surface area contributed by atoms with E-state index in [1.54, 1.807) is 36.5 Å². The van der Waals surface area contributed by atoms with E-state index in [4.69, 9.17) is 0 Å². The Morgan fingerprint density at radius 1 is 0.946 bits per heavy atom. The molecule has 5 rings (SSSR count). The van der Waals surface area contributed by atoms with Crippen LogP contribution in [0.5, 0.6) is 5.75 Å². The summed E-state index contributed by atoms with van der Waals surface area (Å²) in [5.74, 6) is 0.788. The lowest BCUT2D eigenvalue weighted by Crippen LogP contribution is -2.13. The highest BCUT2D eigenvalue weighted by molar-refractivity contribution is 7.99. The molecule has 8 nitrogen and oxygen atoms in total. The van der Waals surface area contributed by atoms with Crippen LogP contribution >= 0.6 is 11.8 Å². The van der Waals surface area contributed by atoms with Crippen molar-refractivity contribution in [1.29, 1.82) is 0 Å². The van der Waals surface area contributed by atoms with E-state index in [0.29, 0.717) is 22.8 Å². The van der Waals surface area contributed by atoms with Gasteiger partial charge in [-0.3, -0.25) is 9.78 Å². The quantitative estimate of drug-likeness (QED) is 0.232. The molecule has 5 aromatic rings. The minimum atomic E-state index is -0.302. The fourth-order valence-corrected chi connectivity index (χ4v) is 4.52. The summed E-state index contributed by atoms with van der Waals surface area (Å²) in [6.07, 6.45) is 3.07. The van der Waals surface area contributed by atoms with Gasteiger partial charge in [-0.25, -0.2) is 15.0 Å². The Hall–Kier alpha value is -4.50. The zero-order chi connectivity index (χ0) is 25.8. The molecule has 1 amide bonds. The van der Waals surface area contributed by atoms with Gasteiger partial charge in [-0.15, -0.1) is 0 Å². The average Bonchev–Trinajstić information content (AvgIpc) is 2.91. The number of fused-ring (bicyclic) bond motifs is 1. The lowest BCUT2D eigenvalue weighted by atomic mass is 10.1. The van der Waals surface area contributed by atoms with Crippen molar-refractivity contribution >= 4 is 45.9 Å². The summed E-state index contributed by atoms with van der Waals surface area (Å²) in [7, 11) is 0. The van der Waals surface area contributed by atoms with E-state index in [0.717, 1.165) is 26.6 Å². The summed E-state index contributed by atoms with van der Waals surface area (Å²) in [6.45, 7) is 4.18. The van der Waals surface area contributed by atoms with Crippen LogP contribution in [-0.4, -0.2) is 30.9 Å². The van der Waals surface area contributed by atoms with Gasteiger partial charge in [0.2, 0.25) is 0 Å². The number of amides is 1. The molecule has 3 N–H and O–H groups in total. The molecule has 184 valence electrons. The van der Waals surface area contributed by atoms with Crippen molar-refractivity contribution in [3.05, 3.63) is 96.7 Å². The molecule has 0 atom stereocenters. The smallest absolute Gasteiger partial charge is 0.274 e. The van der Waals surface area contributed by atoms with Crippen LogP contribution in [0.25, 0.3) is 11.0 Å². The van der Waals surface area contributed by atoms with Crippen molar-refractivity contribution in [2.75, 3.05) is 10.6 Å². The number of nitrogens with one attached hydrogen (secondary N) is 2. The maximum atomic E-state index is 12.7. The Balaban J connectivity index is 1.51. The van der Waals surface area contributed by atoms with Crippen molar-refractivity contribution in [2.45, 2.75) is 29.6 Å². The summed E-state index contributed by atoms with van der Waals surface area (Å²) in [5.41, 5.74) is 3.24. The summed E-state index contributed by atoms with van der Waals surface area (Å²) < 4.78 is 0. The van der Waals surface area contributed by atoms with Crippen LogP contribution in [-0.2, 0) is 0 Å². The van der Waals surface area contributed by atoms with E-state index in [9.17, 15) is 9.90 Å². The SMILES string of the molecule is CC(C)c1ccc2c(Nc3cc(NC(=O)c4ccccn4)ccc3Sc3ccc(O)cc3)ncnc2n1. The first-order valence-corrected chi connectivity index (χ1v) is 12.5. The normalized spacial score (nSPS) is 11.0. The first-order valence-electron chi connectivity index (χ1n) is 11.7. The van der Waals surface area contributed by atoms with Crippen LogP contribution in [0, 0.1) is 0 Å². The highest BCUT2D eigenvalue weighted by Crippen LogP contribution is 2.38. The Labute approximate surface area is 218 Å². The van der Waals surface area contributed by atoms with Gasteiger partial charge in [0, 0.05) is 27.4 Å². The number of carbonyl (C=O) groups excluding carboxylic acids is 1. The predicted molar refractivity (Wildman–Crippen MR) is 146 cm³/mol. The number of phenolic OH excluding ortho intramolecular Hbond substituents is 1. The van der Waals surface area contributed by atoms with Crippen molar-refractivity contribution in [3.63, 3.8) is 0 Å². The third-order valence-electron chi connectivity index (χ3n) is 5.56. The maximum absolute atomic E-state index is 12.7. The second-order valence-electron chi connectivity index (χ2n) is 8.59. The molecule has 0 bridgehead atoms. The number of hydrogen-bond donors (Lipinski definition) is 3. The molecule has 0 radical (unpaired) electrons. The molecule has 0 saturated carbocycles. The summed E-state index contributed by atoms with van der Waals surface area (Å²) >= 11 is 1.52. The Morgan fingerprint density at radius 3 is 2.54 bits per heavy atom. The van der Waals surface area contributed by atoms with Crippen LogP contribution in [0.4, 0.5) is 17.2 Å². The van der Waals surface area contributed by atoms with Crippen LogP contribution in [0.2, 0.25) is 0 Å². The number of benzene rings is 2. The number of aromatic hydroxyl groups is 1. The summed E-state index contributed by atoms with van der Waals surface area (Å²) in [6, 6.07) is 21.7. The van der Waals surface area contributed by atoms with E-state index >= 15 is 0 Å². The van der Waals surface area contributed by atoms with Gasteiger partial charge in [-0.2, -0.15) is 0 Å². The zero-order valence-electron chi connectivity index (χ0n) is 20.2. The van der Waals surface area contributed by atoms with Gasteiger partial charge in [-0.1, -0.05) is 31.7 Å². The number of phenols is 1. The Morgan fingerprint density at radius 2 is 1.78 bits per heavy atom. The van der Waals surface area contributed by atoms with Gasteiger partial charge < -0.3 is 15.7 Å². The predicted octanol–water partition coefficient (Wildman–Crippen LogP) is 6.40. The highest BCUT2D eigenvalue weighted by Gasteiger charge is 2.14. The maximum Gasteiger partial charge on any atom is 0.274 e. The monoisotopic (exact) mass is 508 g/mol. The molecule has 3 heterocycles. The van der Waals surface area contributed by atoms with E-state index in [1.165, 1.54) is 18.1 Å². The summed E-state index contributed by atoms with van der Waals surface area (Å²) in [5, 5.41) is 16.8. The van der Waals surface area contributed by atoms with Gasteiger partial charge in [-0.05, 0) is 72.6 Å². The van der Waals surface area contributed by atoms with Gasteiger partial charge in [0.1, 0.15) is 23.6 Å². The zero-order valence-corrected chi connectivity index (χ0v) is 21.0. The third kappa shape index (κ3) is 5.68. The molecule has 0 saturated heterocycles. The fourth-order valence-electron chi connectivity index (χ4n) is 3.63. The standard InChI is InChI=1S/C28H24N6O2S/c1-17(2)22-12-11-21-26(33-22)30-16-31-27(21)34-24-15-18(32-28(36)23-5-3-4-14-29-23)6-13-25(24)37-20-9-7-19(35)8-10-20/h3-17,35H,1-2H3,(H,32,36)(H,30,31,33,34). The second-order valence-corrected chi connectivity index (χ2v) is 9.70. The number of carbonyl (C=O) groups is 1. The van der Waals surface area contributed by atoms with Gasteiger partial charge in [0.15, 0.2) is 5.65 Å². The molecule has 0 aliphatic heterocycles. The van der Waals surface area contributed by atoms with Crippen molar-refractivity contribution in [1.82, 2.24) is 19.9 Å². The minimum Gasteiger partial charge on any atom is -0.508 e. The Bertz CT molecular complexity index is 1560. The second kappa shape index (κ2) is 10.6. The van der Waals surface area contributed by atoms with Gasteiger partial charge in [0.05, 0.1) is 11.1 Å². The molecule has 9 heteroatoms. The molecule has 3 aromatic heterocycles. The number of rotatable bonds is 7. The van der Waals surface area contributed by atoms with Crippen molar-refractivity contribution in [3.8, 4) is 5.75 Å². The third-order valence-corrected chi connectivity index (χ3v) is 6.65. The van der Waals surface area contributed by atoms with Gasteiger partial charge in [0.25, 0.3) is 5.91 Å². The van der Waals surface area contributed by atoms with E-state index < -0.39 is 0 Å². The molecular formula is C28H24N6O2S. The topological polar surface area (TPSA) is 113 Å². The Kier molecular flexibility index (Phi) is 6.96. The van der Waals surface area contributed by atoms with Crippen LogP contribution in [0.3, 0.4) is 0 Å². The minimum absolute atomic E-state index is 0.205. The molecule has 0 aliphatic rings. The lowest BCUT2D eigenvalue weighted by molar-refractivity contribution is 0.102. The molecule has 0 spiro atoms. The van der Waals surface area contributed by atoms with Crippen LogP contribution in [0.15, 0.2) is 95.1 Å². The van der Waals surface area contributed by atoms with Crippen LogP contribution in [0.1, 0.15) is 35.9 Å². The molecule has 2 aromatic carbocycles. The molecule has 37 heavy (non-hydrogen) atoms. The van der Waals surface area contributed by atoms with Crippen molar-refractivity contribution in [2.24, 2.45) is 0 Å². The largest absolute Gasteiger partial charge is 0.508 e. The molecule has 0 aliphatic carbocycles. The number of aromatic nitrogens is 4. The fraction of sp³-hybridized carbons (Fsp3) is 0.107. The van der Waals surface area contributed by atoms with E-state index in [1.807, 2.05) is 42.5 Å². The number of hydrogen-bond acceptors (Lipinski definition) is 8. The van der Waals surface area contributed by atoms with E-state index in [-0.39, 0.29) is 17.6 Å². The summed E-state index contributed by atoms with van der Waals surface area (Å²) in [4.78, 5) is 32.2. The number of nitrogens with zero attached hydrogens (tertiary/aromatic N) is 4. The average molecular weight is 509 g/mol. The van der Waals surface area contributed by atoms with Gasteiger partial charge >= 0.3 is 0 Å². The lowest BCUT2D eigenvalue weighted by Gasteiger charge is -2.15. The molecule has 0 unspecified atom stereocenters. The van der Waals surface area contributed by atoms with E-state index in [2.05, 4.69) is 44.4 Å².